The van der Waals surface area contributed by atoms with E-state index in [4.69, 9.17) is 0 Å². The Balaban J connectivity index is 1.68. The molecule has 0 spiro atoms. The number of piperidine rings is 1. The molecular weight excluding hydrogens is 256 g/mol. The monoisotopic (exact) mass is 280 g/mol. The van der Waals surface area contributed by atoms with E-state index in [0.29, 0.717) is 0 Å². The number of hydrogen-bond acceptors (Lipinski definition) is 2. The van der Waals surface area contributed by atoms with Gasteiger partial charge in [-0.05, 0) is 37.3 Å². The molecule has 2 nitrogen and oxygen atoms in total. The number of hydrogen-bond donors (Lipinski definition) is 0. The fourth-order valence-electron chi connectivity index (χ4n) is 4.07. The van der Waals surface area contributed by atoms with Crippen LogP contribution >= 0.6 is 0 Å². The van der Waals surface area contributed by atoms with Gasteiger partial charge in [-0.1, -0.05) is 42.8 Å². The zero-order chi connectivity index (χ0) is 14.1. The molecule has 2 aromatic carbocycles. The van der Waals surface area contributed by atoms with Gasteiger partial charge >= 0.3 is 0 Å². The zero-order valence-electron chi connectivity index (χ0n) is 12.7. The van der Waals surface area contributed by atoms with Gasteiger partial charge in [0, 0.05) is 36.7 Å². The van der Waals surface area contributed by atoms with Crippen molar-refractivity contribution in [3.05, 3.63) is 42.5 Å². The maximum Gasteiger partial charge on any atom is 0.0446 e. The van der Waals surface area contributed by atoms with Gasteiger partial charge in [0.05, 0.1) is 0 Å². The highest BCUT2D eigenvalue weighted by Gasteiger charge is 2.27. The molecule has 4 rings (SSSR count). The number of fused-ring (bicyclic) bond motifs is 2. The zero-order valence-corrected chi connectivity index (χ0v) is 12.7. The Hall–Kier alpha value is -1.54. The van der Waals surface area contributed by atoms with Crippen LogP contribution in [0.4, 0.5) is 5.69 Å². The molecule has 0 bridgehead atoms. The van der Waals surface area contributed by atoms with Gasteiger partial charge in [0.1, 0.15) is 0 Å². The van der Waals surface area contributed by atoms with Crippen molar-refractivity contribution >= 4 is 16.5 Å². The number of nitrogens with zero attached hydrogens (tertiary/aromatic N) is 2. The molecule has 110 valence electrons. The van der Waals surface area contributed by atoms with Gasteiger partial charge in [-0.3, -0.25) is 4.90 Å². The van der Waals surface area contributed by atoms with Crippen LogP contribution in [0.3, 0.4) is 0 Å². The van der Waals surface area contributed by atoms with Crippen LogP contribution in [0.2, 0.25) is 0 Å². The summed E-state index contributed by atoms with van der Waals surface area (Å²) in [7, 11) is 0. The fourth-order valence-corrected chi connectivity index (χ4v) is 4.07. The Morgan fingerprint density at radius 2 is 1.67 bits per heavy atom. The van der Waals surface area contributed by atoms with Crippen molar-refractivity contribution in [2.75, 3.05) is 31.1 Å². The van der Waals surface area contributed by atoms with E-state index in [1.807, 2.05) is 0 Å². The Bertz CT molecular complexity index is 616. The predicted molar refractivity (Wildman–Crippen MR) is 90.0 cm³/mol. The minimum Gasteiger partial charge on any atom is -0.369 e. The predicted octanol–water partition coefficient (Wildman–Crippen LogP) is 3.90. The largest absolute Gasteiger partial charge is 0.369 e. The summed E-state index contributed by atoms with van der Waals surface area (Å²) in [5.41, 5.74) is 1.43. The fraction of sp³-hybridized carbons (Fsp3) is 0.474. The molecule has 0 aromatic heterocycles. The summed E-state index contributed by atoms with van der Waals surface area (Å²) >= 11 is 0. The molecule has 2 heteroatoms. The van der Waals surface area contributed by atoms with Crippen molar-refractivity contribution in [3.63, 3.8) is 0 Å². The molecule has 0 N–H and O–H groups in total. The molecule has 2 aliphatic heterocycles. The molecule has 2 saturated heterocycles. The first kappa shape index (κ1) is 13.1. The number of anilines is 1. The molecule has 0 saturated carbocycles. The summed E-state index contributed by atoms with van der Waals surface area (Å²) in [6.45, 7) is 5.00. The van der Waals surface area contributed by atoms with Gasteiger partial charge in [-0.2, -0.15) is 0 Å². The topological polar surface area (TPSA) is 6.48 Å². The van der Waals surface area contributed by atoms with E-state index in [1.54, 1.807) is 0 Å². The second-order valence-electron chi connectivity index (χ2n) is 6.48. The third kappa shape index (κ3) is 2.53. The first-order valence-electron chi connectivity index (χ1n) is 8.38. The van der Waals surface area contributed by atoms with E-state index in [0.717, 1.165) is 6.04 Å². The lowest BCUT2D eigenvalue weighted by molar-refractivity contribution is 0.162. The van der Waals surface area contributed by atoms with Crippen LogP contribution in [-0.2, 0) is 0 Å². The Morgan fingerprint density at radius 1 is 0.810 bits per heavy atom. The number of benzene rings is 2. The second kappa shape index (κ2) is 5.69. The van der Waals surface area contributed by atoms with Crippen molar-refractivity contribution in [1.82, 2.24) is 4.90 Å². The quantitative estimate of drug-likeness (QED) is 0.781. The van der Waals surface area contributed by atoms with Crippen LogP contribution in [0.25, 0.3) is 10.8 Å². The molecule has 0 radical (unpaired) electrons. The van der Waals surface area contributed by atoms with Crippen molar-refractivity contribution in [3.8, 4) is 0 Å². The first-order chi connectivity index (χ1) is 10.4. The van der Waals surface area contributed by atoms with E-state index >= 15 is 0 Å². The molecule has 2 aromatic rings. The summed E-state index contributed by atoms with van der Waals surface area (Å²) < 4.78 is 0. The molecule has 1 atom stereocenters. The van der Waals surface area contributed by atoms with Crippen molar-refractivity contribution in [2.24, 2.45) is 0 Å². The summed E-state index contributed by atoms with van der Waals surface area (Å²) in [6.07, 6.45) is 5.47. The SMILES string of the molecule is c1ccc2c(N3CCCN4CCCCC4C3)cccc2c1. The van der Waals surface area contributed by atoms with E-state index in [2.05, 4.69) is 52.3 Å². The third-order valence-electron chi connectivity index (χ3n) is 5.16. The summed E-state index contributed by atoms with van der Waals surface area (Å²) in [5.74, 6) is 0. The Labute approximate surface area is 127 Å². The van der Waals surface area contributed by atoms with E-state index in [9.17, 15) is 0 Å². The first-order valence-corrected chi connectivity index (χ1v) is 8.38. The van der Waals surface area contributed by atoms with Crippen LogP contribution in [0.1, 0.15) is 25.7 Å². The van der Waals surface area contributed by atoms with Gasteiger partial charge in [0.25, 0.3) is 0 Å². The van der Waals surface area contributed by atoms with Gasteiger partial charge < -0.3 is 4.90 Å². The summed E-state index contributed by atoms with van der Waals surface area (Å²) in [5, 5.41) is 2.77. The standard InChI is InChI=1S/C19H24N2/c1-2-10-18-16(7-1)8-5-11-19(18)21-14-6-13-20-12-4-3-9-17(20)15-21/h1-2,5,7-8,10-11,17H,3-4,6,9,12-15H2. The Morgan fingerprint density at radius 3 is 2.67 bits per heavy atom. The molecule has 0 aliphatic carbocycles. The van der Waals surface area contributed by atoms with Crippen LogP contribution in [-0.4, -0.2) is 37.1 Å². The van der Waals surface area contributed by atoms with Crippen LogP contribution < -0.4 is 4.90 Å². The van der Waals surface area contributed by atoms with Crippen LogP contribution in [0, 0.1) is 0 Å². The molecule has 2 fully saturated rings. The Kier molecular flexibility index (Phi) is 3.56. The second-order valence-corrected chi connectivity index (χ2v) is 6.48. The van der Waals surface area contributed by atoms with E-state index in [1.165, 1.54) is 68.3 Å². The van der Waals surface area contributed by atoms with E-state index in [-0.39, 0.29) is 0 Å². The lowest BCUT2D eigenvalue weighted by Gasteiger charge is -2.36. The van der Waals surface area contributed by atoms with Gasteiger partial charge in [0.15, 0.2) is 0 Å². The lowest BCUT2D eigenvalue weighted by Crippen LogP contribution is -2.44. The minimum atomic E-state index is 0.764. The lowest BCUT2D eigenvalue weighted by atomic mass is 10.0. The molecule has 1 unspecified atom stereocenters. The van der Waals surface area contributed by atoms with Gasteiger partial charge in [0.2, 0.25) is 0 Å². The molecule has 21 heavy (non-hydrogen) atoms. The van der Waals surface area contributed by atoms with Crippen molar-refractivity contribution < 1.29 is 0 Å². The minimum absolute atomic E-state index is 0.764. The average molecular weight is 280 g/mol. The van der Waals surface area contributed by atoms with Crippen molar-refractivity contribution in [1.29, 1.82) is 0 Å². The van der Waals surface area contributed by atoms with Gasteiger partial charge in [-0.25, -0.2) is 0 Å². The maximum absolute atomic E-state index is 2.73. The average Bonchev–Trinajstić information content (AvgIpc) is 2.76. The third-order valence-corrected chi connectivity index (χ3v) is 5.16. The molecule has 2 aliphatic rings. The van der Waals surface area contributed by atoms with Crippen LogP contribution in [0.15, 0.2) is 42.5 Å². The normalized spacial score (nSPS) is 23.8. The smallest absolute Gasteiger partial charge is 0.0446 e. The molecular formula is C19H24N2. The summed E-state index contributed by atoms with van der Waals surface area (Å²) in [6, 6.07) is 16.3. The van der Waals surface area contributed by atoms with E-state index < -0.39 is 0 Å². The highest BCUT2D eigenvalue weighted by molar-refractivity contribution is 5.94. The van der Waals surface area contributed by atoms with Crippen LogP contribution in [0.5, 0.6) is 0 Å². The summed E-state index contributed by atoms with van der Waals surface area (Å²) in [4.78, 5) is 5.37. The number of rotatable bonds is 1. The molecule has 0 amide bonds. The highest BCUT2D eigenvalue weighted by atomic mass is 15.2. The highest BCUT2D eigenvalue weighted by Crippen LogP contribution is 2.30. The van der Waals surface area contributed by atoms with Crippen molar-refractivity contribution in [2.45, 2.75) is 31.7 Å². The molecule has 2 heterocycles. The maximum atomic E-state index is 2.73. The van der Waals surface area contributed by atoms with Gasteiger partial charge in [-0.15, -0.1) is 0 Å².